The number of halogens is 1. The maximum atomic E-state index is 14.4. The Hall–Kier alpha value is -3.33. The first-order valence-electron chi connectivity index (χ1n) is 9.82. The van der Waals surface area contributed by atoms with Gasteiger partial charge in [0.05, 0.1) is 31.3 Å². The van der Waals surface area contributed by atoms with Gasteiger partial charge >= 0.3 is 0 Å². The zero-order valence-electron chi connectivity index (χ0n) is 16.9. The maximum Gasteiger partial charge on any atom is 0.250 e. The molecule has 30 heavy (non-hydrogen) atoms. The molecule has 0 unspecified atom stereocenters. The van der Waals surface area contributed by atoms with E-state index in [4.69, 9.17) is 4.74 Å². The zero-order chi connectivity index (χ0) is 21.1. The Bertz CT molecular complexity index is 1080. The van der Waals surface area contributed by atoms with Crippen molar-refractivity contribution in [1.82, 2.24) is 19.5 Å². The van der Waals surface area contributed by atoms with Crippen LogP contribution in [-0.2, 0) is 4.74 Å². The lowest BCUT2D eigenvalue weighted by Crippen LogP contribution is -2.36. The van der Waals surface area contributed by atoms with Gasteiger partial charge in [0.1, 0.15) is 11.5 Å². The number of anilines is 3. The summed E-state index contributed by atoms with van der Waals surface area (Å²) in [6, 6.07) is 6.72. The lowest BCUT2D eigenvalue weighted by atomic mass is 10.2. The molecule has 9 heteroatoms. The number of aromatic nitrogens is 4. The average molecular weight is 410 g/mol. The highest BCUT2D eigenvalue weighted by molar-refractivity contribution is 5.61. The van der Waals surface area contributed by atoms with E-state index in [9.17, 15) is 9.18 Å². The minimum absolute atomic E-state index is 0.0471. The van der Waals surface area contributed by atoms with Crippen LogP contribution in [0.2, 0.25) is 0 Å². The Morgan fingerprint density at radius 3 is 2.60 bits per heavy atom. The smallest absolute Gasteiger partial charge is 0.250 e. The monoisotopic (exact) mass is 410 g/mol. The topological polar surface area (TPSA) is 85.2 Å². The second-order valence-electron chi connectivity index (χ2n) is 7.27. The molecular weight excluding hydrogens is 387 g/mol. The summed E-state index contributed by atoms with van der Waals surface area (Å²) >= 11 is 0. The Balaban J connectivity index is 1.56. The highest BCUT2D eigenvalue weighted by Crippen LogP contribution is 2.23. The number of ether oxygens (including phenoxy) is 1. The second kappa shape index (κ2) is 8.58. The van der Waals surface area contributed by atoms with Crippen LogP contribution < -0.4 is 15.8 Å². The number of pyridine rings is 2. The van der Waals surface area contributed by atoms with E-state index >= 15 is 0 Å². The molecule has 0 bridgehead atoms. The van der Waals surface area contributed by atoms with E-state index in [0.717, 1.165) is 25.0 Å². The van der Waals surface area contributed by atoms with E-state index < -0.39 is 5.82 Å². The molecular formula is C21H23FN6O2. The van der Waals surface area contributed by atoms with Gasteiger partial charge in [-0.05, 0) is 32.0 Å². The number of hydrogen-bond donors (Lipinski definition) is 1. The number of nitrogens with zero attached hydrogens (tertiary/aromatic N) is 5. The molecule has 0 saturated carbocycles. The van der Waals surface area contributed by atoms with Gasteiger partial charge < -0.3 is 19.5 Å². The van der Waals surface area contributed by atoms with Crippen molar-refractivity contribution in [2.75, 3.05) is 36.5 Å². The quantitative estimate of drug-likeness (QED) is 0.692. The highest BCUT2D eigenvalue weighted by atomic mass is 19.1. The summed E-state index contributed by atoms with van der Waals surface area (Å²) in [6.45, 7) is 6.85. The van der Waals surface area contributed by atoms with E-state index in [2.05, 4.69) is 25.2 Å². The van der Waals surface area contributed by atoms with Crippen LogP contribution in [0.25, 0.3) is 11.3 Å². The average Bonchev–Trinajstić information content (AvgIpc) is 2.76. The largest absolute Gasteiger partial charge is 0.378 e. The lowest BCUT2D eigenvalue weighted by Gasteiger charge is -2.28. The third kappa shape index (κ3) is 4.30. The molecule has 156 valence electrons. The van der Waals surface area contributed by atoms with E-state index in [1.807, 2.05) is 26.0 Å². The molecule has 3 aromatic heterocycles. The molecule has 0 atom stereocenters. The first-order chi connectivity index (χ1) is 14.5. The molecule has 1 aliphatic heterocycles. The molecule has 1 fully saturated rings. The Morgan fingerprint density at radius 2 is 1.90 bits per heavy atom. The predicted octanol–water partition coefficient (Wildman–Crippen LogP) is 3.00. The van der Waals surface area contributed by atoms with Crippen LogP contribution in [0.3, 0.4) is 0 Å². The Labute approximate surface area is 173 Å². The van der Waals surface area contributed by atoms with Gasteiger partial charge in [-0.1, -0.05) is 0 Å². The molecule has 0 radical (unpaired) electrons. The third-order valence-electron chi connectivity index (χ3n) is 4.88. The van der Waals surface area contributed by atoms with E-state index in [1.165, 1.54) is 10.6 Å². The van der Waals surface area contributed by atoms with Crippen molar-refractivity contribution < 1.29 is 9.13 Å². The summed E-state index contributed by atoms with van der Waals surface area (Å²) in [5.41, 5.74) is 1.49. The van der Waals surface area contributed by atoms with Gasteiger partial charge in [0, 0.05) is 37.0 Å². The van der Waals surface area contributed by atoms with Crippen molar-refractivity contribution in [1.29, 1.82) is 0 Å². The van der Waals surface area contributed by atoms with Crippen LogP contribution in [0.4, 0.5) is 21.8 Å². The fourth-order valence-electron chi connectivity index (χ4n) is 3.26. The first-order valence-corrected chi connectivity index (χ1v) is 9.82. The summed E-state index contributed by atoms with van der Waals surface area (Å²) in [6.07, 6.45) is 4.49. The van der Waals surface area contributed by atoms with Crippen molar-refractivity contribution in [3.63, 3.8) is 0 Å². The van der Waals surface area contributed by atoms with Gasteiger partial charge in [-0.3, -0.25) is 4.79 Å². The standard InChI is InChI=1S/C21H23FN6O2/c1-14(2)28-13-15(3-6-19(28)29)20-17(22)12-24-21(26-20)25-18-5-4-16(11-23-18)27-7-9-30-10-8-27/h3-6,11-14H,7-10H2,1-2H3,(H,23,24,25,26). The molecule has 4 rings (SSSR count). The fraction of sp³-hybridized carbons (Fsp3) is 0.333. The number of morpholine rings is 1. The summed E-state index contributed by atoms with van der Waals surface area (Å²) < 4.78 is 21.3. The highest BCUT2D eigenvalue weighted by Gasteiger charge is 2.14. The molecule has 8 nitrogen and oxygen atoms in total. The van der Waals surface area contributed by atoms with Gasteiger partial charge in [-0.25, -0.2) is 19.3 Å². The fourth-order valence-corrected chi connectivity index (χ4v) is 3.26. The summed E-state index contributed by atoms with van der Waals surface area (Å²) in [4.78, 5) is 26.9. The van der Waals surface area contributed by atoms with E-state index in [1.54, 1.807) is 18.5 Å². The third-order valence-corrected chi connectivity index (χ3v) is 4.88. The summed E-state index contributed by atoms with van der Waals surface area (Å²) in [7, 11) is 0. The maximum absolute atomic E-state index is 14.4. The van der Waals surface area contributed by atoms with E-state index in [0.29, 0.717) is 24.6 Å². The molecule has 0 spiro atoms. The van der Waals surface area contributed by atoms with Crippen molar-refractivity contribution >= 4 is 17.5 Å². The normalized spacial score (nSPS) is 14.2. The van der Waals surface area contributed by atoms with Crippen molar-refractivity contribution in [2.45, 2.75) is 19.9 Å². The number of hydrogen-bond acceptors (Lipinski definition) is 7. The van der Waals surface area contributed by atoms with E-state index in [-0.39, 0.29) is 23.2 Å². The number of rotatable bonds is 5. The Morgan fingerprint density at radius 1 is 1.10 bits per heavy atom. The molecule has 1 N–H and O–H groups in total. The molecule has 3 aromatic rings. The van der Waals surface area contributed by atoms with Gasteiger partial charge in [-0.2, -0.15) is 0 Å². The predicted molar refractivity (Wildman–Crippen MR) is 113 cm³/mol. The van der Waals surface area contributed by atoms with Crippen LogP contribution in [0.5, 0.6) is 0 Å². The van der Waals surface area contributed by atoms with Crippen molar-refractivity contribution in [3.05, 3.63) is 59.0 Å². The SMILES string of the molecule is CC(C)n1cc(-c2nc(Nc3ccc(N4CCOCC4)cn3)ncc2F)ccc1=O. The summed E-state index contributed by atoms with van der Waals surface area (Å²) in [5, 5.41) is 3.01. The molecule has 0 aromatic carbocycles. The van der Waals surface area contributed by atoms with Crippen LogP contribution in [0.1, 0.15) is 19.9 Å². The molecule has 4 heterocycles. The van der Waals surface area contributed by atoms with Crippen LogP contribution >= 0.6 is 0 Å². The van der Waals surface area contributed by atoms with Crippen LogP contribution in [-0.4, -0.2) is 45.8 Å². The van der Waals surface area contributed by atoms with Crippen LogP contribution in [0.15, 0.2) is 47.7 Å². The second-order valence-corrected chi connectivity index (χ2v) is 7.27. The van der Waals surface area contributed by atoms with Gasteiger partial charge in [0.25, 0.3) is 5.56 Å². The van der Waals surface area contributed by atoms with Crippen LogP contribution in [0, 0.1) is 5.82 Å². The molecule has 0 amide bonds. The Kier molecular flexibility index (Phi) is 5.71. The molecule has 1 aliphatic rings. The van der Waals surface area contributed by atoms with Gasteiger partial charge in [0.15, 0.2) is 5.82 Å². The van der Waals surface area contributed by atoms with Crippen molar-refractivity contribution in [3.8, 4) is 11.3 Å². The van der Waals surface area contributed by atoms with Gasteiger partial charge in [-0.15, -0.1) is 0 Å². The van der Waals surface area contributed by atoms with Crippen molar-refractivity contribution in [2.24, 2.45) is 0 Å². The number of nitrogens with one attached hydrogen (secondary N) is 1. The minimum atomic E-state index is -0.565. The van der Waals surface area contributed by atoms with Gasteiger partial charge in [0.2, 0.25) is 5.95 Å². The molecule has 1 saturated heterocycles. The zero-order valence-corrected chi connectivity index (χ0v) is 16.9. The minimum Gasteiger partial charge on any atom is -0.378 e. The first kappa shape index (κ1) is 20.0. The summed E-state index contributed by atoms with van der Waals surface area (Å²) in [5.74, 6) is 0.210. The lowest BCUT2D eigenvalue weighted by molar-refractivity contribution is 0.122. The molecule has 0 aliphatic carbocycles.